The van der Waals surface area contributed by atoms with Gasteiger partial charge in [-0.2, -0.15) is 0 Å². The van der Waals surface area contributed by atoms with E-state index in [4.69, 9.17) is 9.47 Å². The lowest BCUT2D eigenvalue weighted by Crippen LogP contribution is -2.32. The molecule has 3 rings (SSSR count). The smallest absolute Gasteiger partial charge is 0.253 e. The molecule has 0 unspecified atom stereocenters. The number of aromatic nitrogens is 1. The van der Waals surface area contributed by atoms with Gasteiger partial charge in [-0.05, 0) is 30.7 Å². The molecule has 1 aromatic carbocycles. The molecule has 1 amide bonds. The predicted molar refractivity (Wildman–Crippen MR) is 92.7 cm³/mol. The number of hydrogen-bond donors (Lipinski definition) is 3. The lowest BCUT2D eigenvalue weighted by molar-refractivity contribution is 0.0954. The highest BCUT2D eigenvalue weighted by atomic mass is 16.6. The Morgan fingerprint density at radius 2 is 1.96 bits per heavy atom. The van der Waals surface area contributed by atoms with Crippen LogP contribution in [0.3, 0.4) is 0 Å². The average Bonchev–Trinajstić information content (AvgIpc) is 3.11. The number of hydrogen-bond acceptors (Lipinski definition) is 4. The molecule has 0 fully saturated rings. The molecule has 6 heteroatoms. The van der Waals surface area contributed by atoms with Crippen molar-refractivity contribution in [2.75, 3.05) is 32.8 Å². The van der Waals surface area contributed by atoms with Crippen molar-refractivity contribution in [3.63, 3.8) is 0 Å². The van der Waals surface area contributed by atoms with Gasteiger partial charge in [-0.25, -0.2) is 0 Å². The zero-order chi connectivity index (χ0) is 16.8. The minimum absolute atomic E-state index is 0.0839. The van der Waals surface area contributed by atoms with Crippen molar-refractivity contribution < 1.29 is 14.3 Å². The van der Waals surface area contributed by atoms with Crippen LogP contribution in [-0.4, -0.2) is 43.7 Å². The van der Waals surface area contributed by atoms with E-state index < -0.39 is 0 Å². The lowest BCUT2D eigenvalue weighted by Gasteiger charge is -2.19. The first-order chi connectivity index (χ1) is 11.8. The fourth-order valence-electron chi connectivity index (χ4n) is 2.66. The van der Waals surface area contributed by atoms with Crippen LogP contribution in [0.5, 0.6) is 11.5 Å². The van der Waals surface area contributed by atoms with Crippen LogP contribution < -0.4 is 20.1 Å². The average molecular weight is 329 g/mol. The number of ether oxygens (including phenoxy) is 2. The van der Waals surface area contributed by atoms with Gasteiger partial charge in [0, 0.05) is 31.0 Å². The van der Waals surface area contributed by atoms with Crippen LogP contribution in [0.15, 0.2) is 30.6 Å². The Hall–Kier alpha value is -2.47. The largest absolute Gasteiger partial charge is 0.486 e. The molecule has 0 spiro atoms. The number of rotatable bonds is 7. The van der Waals surface area contributed by atoms with E-state index in [2.05, 4.69) is 22.5 Å². The van der Waals surface area contributed by atoms with E-state index >= 15 is 0 Å². The second-order valence-corrected chi connectivity index (χ2v) is 5.65. The Kier molecular flexibility index (Phi) is 5.38. The van der Waals surface area contributed by atoms with E-state index in [1.165, 1.54) is 0 Å². The van der Waals surface area contributed by atoms with E-state index in [-0.39, 0.29) is 5.91 Å². The molecule has 0 saturated carbocycles. The molecule has 6 nitrogen and oxygen atoms in total. The summed E-state index contributed by atoms with van der Waals surface area (Å²) >= 11 is 0. The molecule has 2 aromatic rings. The van der Waals surface area contributed by atoms with Crippen molar-refractivity contribution in [3.05, 3.63) is 36.2 Å². The molecule has 1 aliphatic heterocycles. The van der Waals surface area contributed by atoms with Crippen molar-refractivity contribution in [2.45, 2.75) is 13.3 Å². The molecule has 0 atom stereocenters. The van der Waals surface area contributed by atoms with Gasteiger partial charge in [0.15, 0.2) is 11.5 Å². The maximum atomic E-state index is 12.4. The molecule has 3 N–H and O–H groups in total. The summed E-state index contributed by atoms with van der Waals surface area (Å²) in [7, 11) is 0. The van der Waals surface area contributed by atoms with Crippen LogP contribution in [0, 0.1) is 0 Å². The first-order valence-corrected chi connectivity index (χ1v) is 8.35. The van der Waals surface area contributed by atoms with Crippen LogP contribution in [0.2, 0.25) is 0 Å². The van der Waals surface area contributed by atoms with Crippen LogP contribution in [-0.2, 0) is 0 Å². The van der Waals surface area contributed by atoms with Crippen LogP contribution in [0.25, 0.3) is 11.1 Å². The summed E-state index contributed by atoms with van der Waals surface area (Å²) < 4.78 is 11.2. The fraction of sp³-hybridized carbons (Fsp3) is 0.389. The summed E-state index contributed by atoms with van der Waals surface area (Å²) in [5, 5.41) is 6.20. The summed E-state index contributed by atoms with van der Waals surface area (Å²) in [4.78, 5) is 15.4. The highest BCUT2D eigenvalue weighted by Gasteiger charge is 2.17. The standard InChI is InChI=1S/C18H23N3O3/c1-2-5-19-6-7-21-18(22)15-12-20-11-14(15)13-3-4-16-17(10-13)24-9-8-23-16/h3-4,10-12,19-20H,2,5-9H2,1H3,(H,21,22). The quantitative estimate of drug-likeness (QED) is 0.681. The van der Waals surface area contributed by atoms with E-state index in [0.717, 1.165) is 42.1 Å². The molecule has 0 bridgehead atoms. The maximum Gasteiger partial charge on any atom is 0.253 e. The molecule has 1 aromatic heterocycles. The van der Waals surface area contributed by atoms with E-state index in [9.17, 15) is 4.79 Å². The molecule has 24 heavy (non-hydrogen) atoms. The minimum atomic E-state index is -0.0839. The molecule has 0 aliphatic carbocycles. The maximum absolute atomic E-state index is 12.4. The van der Waals surface area contributed by atoms with Crippen molar-refractivity contribution >= 4 is 5.91 Å². The first kappa shape index (κ1) is 16.4. The van der Waals surface area contributed by atoms with Gasteiger partial charge in [-0.3, -0.25) is 4.79 Å². The van der Waals surface area contributed by atoms with Gasteiger partial charge in [-0.1, -0.05) is 13.0 Å². The number of H-pyrrole nitrogens is 1. The van der Waals surface area contributed by atoms with Gasteiger partial charge in [-0.15, -0.1) is 0 Å². The second-order valence-electron chi connectivity index (χ2n) is 5.65. The third-order valence-electron chi connectivity index (χ3n) is 3.86. The van der Waals surface area contributed by atoms with Gasteiger partial charge in [0.25, 0.3) is 5.91 Å². The summed E-state index contributed by atoms with van der Waals surface area (Å²) in [6.07, 6.45) is 4.64. The number of aromatic amines is 1. The summed E-state index contributed by atoms with van der Waals surface area (Å²) in [5.74, 6) is 1.38. The topological polar surface area (TPSA) is 75.4 Å². The molecule has 128 valence electrons. The van der Waals surface area contributed by atoms with E-state index in [1.54, 1.807) is 6.20 Å². The van der Waals surface area contributed by atoms with Crippen molar-refractivity contribution in [1.29, 1.82) is 0 Å². The first-order valence-electron chi connectivity index (χ1n) is 8.35. The third kappa shape index (κ3) is 3.71. The van der Waals surface area contributed by atoms with Crippen LogP contribution in [0.1, 0.15) is 23.7 Å². The number of fused-ring (bicyclic) bond motifs is 1. The Morgan fingerprint density at radius 3 is 2.79 bits per heavy atom. The van der Waals surface area contributed by atoms with Crippen molar-refractivity contribution in [1.82, 2.24) is 15.6 Å². The van der Waals surface area contributed by atoms with Crippen LogP contribution >= 0.6 is 0 Å². The molecule has 0 radical (unpaired) electrons. The summed E-state index contributed by atoms with van der Waals surface area (Å²) in [6, 6.07) is 5.74. The zero-order valence-corrected chi connectivity index (χ0v) is 13.9. The Morgan fingerprint density at radius 1 is 1.12 bits per heavy atom. The normalized spacial score (nSPS) is 12.9. The van der Waals surface area contributed by atoms with E-state index in [0.29, 0.717) is 25.3 Å². The van der Waals surface area contributed by atoms with Gasteiger partial charge < -0.3 is 25.1 Å². The number of benzene rings is 1. The summed E-state index contributed by atoms with van der Waals surface area (Å²) in [5.41, 5.74) is 2.41. The lowest BCUT2D eigenvalue weighted by atomic mass is 10.0. The van der Waals surface area contributed by atoms with Crippen LogP contribution in [0.4, 0.5) is 0 Å². The highest BCUT2D eigenvalue weighted by Crippen LogP contribution is 2.35. The van der Waals surface area contributed by atoms with Gasteiger partial charge >= 0.3 is 0 Å². The number of carbonyl (C=O) groups excluding carboxylic acids is 1. The second kappa shape index (κ2) is 7.88. The SMILES string of the molecule is CCCNCCNC(=O)c1c[nH]cc1-c1ccc2c(c1)OCCO2. The number of carbonyl (C=O) groups is 1. The van der Waals surface area contributed by atoms with Crippen molar-refractivity contribution in [2.24, 2.45) is 0 Å². The molecular formula is C18H23N3O3. The van der Waals surface area contributed by atoms with Gasteiger partial charge in [0.2, 0.25) is 0 Å². The van der Waals surface area contributed by atoms with E-state index in [1.807, 2.05) is 24.4 Å². The summed E-state index contributed by atoms with van der Waals surface area (Å²) in [6.45, 7) is 5.55. The number of nitrogens with one attached hydrogen (secondary N) is 3. The monoisotopic (exact) mass is 329 g/mol. The van der Waals surface area contributed by atoms with Gasteiger partial charge in [0.05, 0.1) is 5.56 Å². The molecule has 0 saturated heterocycles. The zero-order valence-electron chi connectivity index (χ0n) is 13.9. The highest BCUT2D eigenvalue weighted by molar-refractivity contribution is 6.00. The Labute approximate surface area is 141 Å². The fourth-order valence-corrected chi connectivity index (χ4v) is 2.66. The Balaban J connectivity index is 1.69. The predicted octanol–water partition coefficient (Wildman–Crippen LogP) is 2.18. The molecule has 2 heterocycles. The van der Waals surface area contributed by atoms with Crippen molar-refractivity contribution in [3.8, 4) is 22.6 Å². The molecular weight excluding hydrogens is 306 g/mol. The van der Waals surface area contributed by atoms with Gasteiger partial charge in [0.1, 0.15) is 13.2 Å². The minimum Gasteiger partial charge on any atom is -0.486 e. The Bertz CT molecular complexity index is 697. The number of amides is 1. The molecule has 1 aliphatic rings. The third-order valence-corrected chi connectivity index (χ3v) is 3.86.